The number of unbranched alkanes of at least 4 members (excludes halogenated alkanes) is 1. The van der Waals surface area contributed by atoms with Crippen LogP contribution in [0.3, 0.4) is 0 Å². The molecule has 5 nitrogen and oxygen atoms in total. The predicted octanol–water partition coefficient (Wildman–Crippen LogP) is 2.76. The number of aryl methyl sites for hydroxylation is 1. The Morgan fingerprint density at radius 2 is 1.82 bits per heavy atom. The number of amides is 2. The molecule has 0 radical (unpaired) electrons. The van der Waals surface area contributed by atoms with Crippen molar-refractivity contribution in [1.82, 2.24) is 9.88 Å². The number of nitrogens with one attached hydrogen (secondary N) is 2. The molecule has 0 bridgehead atoms. The first-order chi connectivity index (χ1) is 10.7. The van der Waals surface area contributed by atoms with Crippen molar-refractivity contribution in [3.8, 4) is 0 Å². The average Bonchev–Trinajstić information content (AvgIpc) is 2.50. The Kier molecular flexibility index (Phi) is 5.77. The number of anilines is 1. The minimum Gasteiger partial charge on any atom is -0.338 e. The topological polar surface area (TPSA) is 63.1 Å². The van der Waals surface area contributed by atoms with E-state index in [1.165, 1.54) is 0 Å². The van der Waals surface area contributed by atoms with Crippen LogP contribution in [0, 0.1) is 6.92 Å². The van der Waals surface area contributed by atoms with E-state index in [2.05, 4.69) is 10.6 Å². The highest BCUT2D eigenvalue weighted by molar-refractivity contribution is 5.89. The van der Waals surface area contributed by atoms with Crippen LogP contribution >= 0.6 is 0 Å². The number of benzene rings is 1. The van der Waals surface area contributed by atoms with E-state index in [4.69, 9.17) is 0 Å². The standard InChI is InChI=1S/C17H21N3O2/c1-14-8-7-11-16(21)20(14)13-6-5-12-18-17(22)19-15-9-3-2-4-10-15/h2-4,7-11H,5-6,12-13H2,1H3,(H2,18,19,22). The number of pyridine rings is 1. The van der Waals surface area contributed by atoms with E-state index in [1.807, 2.05) is 43.3 Å². The molecule has 0 unspecified atom stereocenters. The molecule has 2 aromatic rings. The molecular weight excluding hydrogens is 278 g/mol. The van der Waals surface area contributed by atoms with Gasteiger partial charge in [-0.1, -0.05) is 24.3 Å². The second kappa shape index (κ2) is 8.02. The van der Waals surface area contributed by atoms with E-state index in [0.29, 0.717) is 13.1 Å². The fourth-order valence-electron chi connectivity index (χ4n) is 2.20. The van der Waals surface area contributed by atoms with Crippen molar-refractivity contribution in [3.63, 3.8) is 0 Å². The van der Waals surface area contributed by atoms with Gasteiger partial charge in [-0.2, -0.15) is 0 Å². The zero-order valence-electron chi connectivity index (χ0n) is 12.7. The Morgan fingerprint density at radius 3 is 2.55 bits per heavy atom. The van der Waals surface area contributed by atoms with Crippen LogP contribution in [0.15, 0.2) is 53.3 Å². The van der Waals surface area contributed by atoms with Gasteiger partial charge < -0.3 is 15.2 Å². The van der Waals surface area contributed by atoms with Crippen molar-refractivity contribution in [2.45, 2.75) is 26.3 Å². The third-order valence-electron chi connectivity index (χ3n) is 3.39. The number of nitrogens with zero attached hydrogens (tertiary/aromatic N) is 1. The molecule has 116 valence electrons. The highest BCUT2D eigenvalue weighted by Gasteiger charge is 2.01. The van der Waals surface area contributed by atoms with Crippen molar-refractivity contribution >= 4 is 11.7 Å². The van der Waals surface area contributed by atoms with Gasteiger partial charge in [0.05, 0.1) is 0 Å². The summed E-state index contributed by atoms with van der Waals surface area (Å²) in [6, 6.07) is 14.4. The van der Waals surface area contributed by atoms with Gasteiger partial charge in [-0.15, -0.1) is 0 Å². The molecular formula is C17H21N3O2. The van der Waals surface area contributed by atoms with Crippen molar-refractivity contribution in [3.05, 3.63) is 64.6 Å². The zero-order chi connectivity index (χ0) is 15.8. The van der Waals surface area contributed by atoms with E-state index >= 15 is 0 Å². The quantitative estimate of drug-likeness (QED) is 0.806. The average molecular weight is 299 g/mol. The molecule has 0 spiro atoms. The lowest BCUT2D eigenvalue weighted by atomic mass is 10.3. The Bertz CT molecular complexity index is 665. The predicted molar refractivity (Wildman–Crippen MR) is 88.1 cm³/mol. The normalized spacial score (nSPS) is 10.2. The summed E-state index contributed by atoms with van der Waals surface area (Å²) in [6.07, 6.45) is 1.67. The van der Waals surface area contributed by atoms with Crippen LogP contribution in [-0.2, 0) is 6.54 Å². The second-order valence-corrected chi connectivity index (χ2v) is 5.11. The van der Waals surface area contributed by atoms with Crippen LogP contribution in [0.2, 0.25) is 0 Å². The van der Waals surface area contributed by atoms with E-state index in [9.17, 15) is 9.59 Å². The lowest BCUT2D eigenvalue weighted by Crippen LogP contribution is -2.29. The van der Waals surface area contributed by atoms with Crippen LogP contribution in [0.4, 0.5) is 10.5 Å². The summed E-state index contributed by atoms with van der Waals surface area (Å²) < 4.78 is 1.75. The van der Waals surface area contributed by atoms with Crippen molar-refractivity contribution in [2.75, 3.05) is 11.9 Å². The van der Waals surface area contributed by atoms with Crippen LogP contribution in [0.5, 0.6) is 0 Å². The van der Waals surface area contributed by atoms with E-state index < -0.39 is 0 Å². The lowest BCUT2D eigenvalue weighted by molar-refractivity contribution is 0.252. The molecule has 0 aliphatic heterocycles. The Labute approximate surface area is 130 Å². The molecule has 1 aromatic heterocycles. The van der Waals surface area contributed by atoms with Crippen LogP contribution in [0.1, 0.15) is 18.5 Å². The van der Waals surface area contributed by atoms with Gasteiger partial charge in [-0.25, -0.2) is 4.79 Å². The summed E-state index contributed by atoms with van der Waals surface area (Å²) in [5.74, 6) is 0. The number of carbonyl (C=O) groups excluding carboxylic acids is 1. The number of urea groups is 1. The monoisotopic (exact) mass is 299 g/mol. The molecule has 0 fully saturated rings. The molecule has 1 aromatic carbocycles. The molecule has 0 aliphatic rings. The summed E-state index contributed by atoms with van der Waals surface area (Å²) in [7, 11) is 0. The molecule has 0 aliphatic carbocycles. The SMILES string of the molecule is Cc1cccc(=O)n1CCCCNC(=O)Nc1ccccc1. The fraction of sp³-hybridized carbons (Fsp3) is 0.294. The molecule has 2 rings (SSSR count). The van der Waals surface area contributed by atoms with Crippen LogP contribution in [-0.4, -0.2) is 17.1 Å². The maximum Gasteiger partial charge on any atom is 0.319 e. The van der Waals surface area contributed by atoms with Crippen molar-refractivity contribution < 1.29 is 4.79 Å². The molecule has 0 atom stereocenters. The van der Waals surface area contributed by atoms with E-state index in [-0.39, 0.29) is 11.6 Å². The summed E-state index contributed by atoms with van der Waals surface area (Å²) in [5, 5.41) is 5.57. The van der Waals surface area contributed by atoms with Gasteiger partial charge in [0, 0.05) is 30.5 Å². The van der Waals surface area contributed by atoms with Crippen molar-refractivity contribution in [2.24, 2.45) is 0 Å². The third kappa shape index (κ3) is 4.77. The maximum absolute atomic E-state index is 11.7. The fourth-order valence-corrected chi connectivity index (χ4v) is 2.20. The Hall–Kier alpha value is -2.56. The van der Waals surface area contributed by atoms with Crippen LogP contribution in [0.25, 0.3) is 0 Å². The van der Waals surface area contributed by atoms with Gasteiger partial charge in [0.25, 0.3) is 5.56 Å². The Balaban J connectivity index is 1.67. The molecule has 1 heterocycles. The molecule has 5 heteroatoms. The van der Waals surface area contributed by atoms with Gasteiger partial charge >= 0.3 is 6.03 Å². The molecule has 2 N–H and O–H groups in total. The maximum atomic E-state index is 11.7. The van der Waals surface area contributed by atoms with Gasteiger partial charge in [0.2, 0.25) is 0 Å². The zero-order valence-corrected chi connectivity index (χ0v) is 12.7. The minimum absolute atomic E-state index is 0.0229. The first-order valence-electron chi connectivity index (χ1n) is 7.43. The summed E-state index contributed by atoms with van der Waals surface area (Å²) >= 11 is 0. The smallest absolute Gasteiger partial charge is 0.319 e. The highest BCUT2D eigenvalue weighted by atomic mass is 16.2. The number of hydrogen-bond acceptors (Lipinski definition) is 2. The first-order valence-corrected chi connectivity index (χ1v) is 7.43. The molecule has 0 saturated carbocycles. The number of rotatable bonds is 6. The summed E-state index contributed by atoms with van der Waals surface area (Å²) in [6.45, 7) is 3.18. The highest BCUT2D eigenvalue weighted by Crippen LogP contribution is 2.04. The van der Waals surface area contributed by atoms with Gasteiger partial charge in [0.15, 0.2) is 0 Å². The number of carbonyl (C=O) groups is 1. The molecule has 22 heavy (non-hydrogen) atoms. The summed E-state index contributed by atoms with van der Waals surface area (Å²) in [4.78, 5) is 23.4. The lowest BCUT2D eigenvalue weighted by Gasteiger charge is -2.10. The van der Waals surface area contributed by atoms with Crippen LogP contribution < -0.4 is 16.2 Å². The van der Waals surface area contributed by atoms with Gasteiger partial charge in [-0.3, -0.25) is 4.79 Å². The second-order valence-electron chi connectivity index (χ2n) is 5.11. The number of aromatic nitrogens is 1. The number of para-hydroxylation sites is 1. The van der Waals surface area contributed by atoms with E-state index in [0.717, 1.165) is 24.2 Å². The van der Waals surface area contributed by atoms with Crippen molar-refractivity contribution in [1.29, 1.82) is 0 Å². The molecule has 0 saturated heterocycles. The Morgan fingerprint density at radius 1 is 1.05 bits per heavy atom. The number of hydrogen-bond donors (Lipinski definition) is 2. The summed E-state index contributed by atoms with van der Waals surface area (Å²) in [5.41, 5.74) is 1.75. The van der Waals surface area contributed by atoms with Gasteiger partial charge in [0.1, 0.15) is 0 Å². The largest absolute Gasteiger partial charge is 0.338 e. The van der Waals surface area contributed by atoms with Gasteiger partial charge in [-0.05, 0) is 38.0 Å². The molecule has 2 amide bonds. The van der Waals surface area contributed by atoms with E-state index in [1.54, 1.807) is 16.7 Å². The minimum atomic E-state index is -0.209. The first kappa shape index (κ1) is 15.8. The third-order valence-corrected chi connectivity index (χ3v) is 3.39.